The van der Waals surface area contributed by atoms with Crippen molar-refractivity contribution < 1.29 is 14.3 Å². The second-order valence-corrected chi connectivity index (χ2v) is 7.56. The van der Waals surface area contributed by atoms with Gasteiger partial charge in [0.1, 0.15) is 24.7 Å². The number of ether oxygens (including phenoxy) is 2. The molecule has 0 atom stereocenters. The average molecular weight is 404 g/mol. The molecule has 1 amide bonds. The fourth-order valence-electron chi connectivity index (χ4n) is 3.21. The summed E-state index contributed by atoms with van der Waals surface area (Å²) in [5, 5.41) is 2.93. The Bertz CT molecular complexity index is 967. The third kappa shape index (κ3) is 5.86. The van der Waals surface area contributed by atoms with Crippen molar-refractivity contribution in [1.82, 2.24) is 5.32 Å². The molecule has 0 spiro atoms. The van der Waals surface area contributed by atoms with E-state index in [9.17, 15) is 4.79 Å². The number of aryl methyl sites for hydroxylation is 1. The Morgan fingerprint density at radius 2 is 1.67 bits per heavy atom. The lowest BCUT2D eigenvalue weighted by Gasteiger charge is -2.16. The molecule has 0 radical (unpaired) electrons. The molecule has 156 valence electrons. The molecule has 0 saturated carbocycles. The van der Waals surface area contributed by atoms with Crippen LogP contribution in [0.4, 0.5) is 0 Å². The van der Waals surface area contributed by atoms with E-state index in [0.29, 0.717) is 31.2 Å². The minimum absolute atomic E-state index is 0.126. The van der Waals surface area contributed by atoms with Gasteiger partial charge < -0.3 is 14.8 Å². The molecule has 3 aromatic rings. The zero-order chi connectivity index (χ0) is 21.3. The van der Waals surface area contributed by atoms with Crippen LogP contribution < -0.4 is 14.8 Å². The second-order valence-electron chi connectivity index (χ2n) is 7.56. The van der Waals surface area contributed by atoms with Gasteiger partial charge in [-0.2, -0.15) is 0 Å². The first kappa shape index (κ1) is 21.4. The van der Waals surface area contributed by atoms with Gasteiger partial charge >= 0.3 is 0 Å². The SMILES string of the molecule is Cc1ccc(C(C)C)c(OCc2ccccc2C(=O)NCCOc2ccccc2)c1. The van der Waals surface area contributed by atoms with Crippen molar-refractivity contribution in [3.63, 3.8) is 0 Å². The van der Waals surface area contributed by atoms with Crippen LogP contribution in [0.2, 0.25) is 0 Å². The molecule has 1 N–H and O–H groups in total. The van der Waals surface area contributed by atoms with Crippen molar-refractivity contribution in [2.24, 2.45) is 0 Å². The summed E-state index contributed by atoms with van der Waals surface area (Å²) in [4.78, 5) is 12.7. The lowest BCUT2D eigenvalue weighted by atomic mass is 10.0. The predicted molar refractivity (Wildman–Crippen MR) is 120 cm³/mol. The van der Waals surface area contributed by atoms with Crippen LogP contribution >= 0.6 is 0 Å². The molecule has 0 aromatic heterocycles. The van der Waals surface area contributed by atoms with Crippen molar-refractivity contribution in [3.8, 4) is 11.5 Å². The van der Waals surface area contributed by atoms with E-state index in [1.54, 1.807) is 0 Å². The predicted octanol–water partition coefficient (Wildman–Crippen LogP) is 5.51. The largest absolute Gasteiger partial charge is 0.492 e. The van der Waals surface area contributed by atoms with Gasteiger partial charge in [0.05, 0.1) is 6.54 Å². The molecule has 0 saturated heterocycles. The van der Waals surface area contributed by atoms with Crippen molar-refractivity contribution in [1.29, 1.82) is 0 Å². The van der Waals surface area contributed by atoms with Gasteiger partial charge in [0, 0.05) is 11.1 Å². The minimum Gasteiger partial charge on any atom is -0.492 e. The standard InChI is InChI=1S/C26H29NO3/c1-19(2)23-14-13-20(3)17-25(23)30-18-21-9-7-8-12-24(21)26(28)27-15-16-29-22-10-5-4-6-11-22/h4-14,17,19H,15-16,18H2,1-3H3,(H,27,28). The summed E-state index contributed by atoms with van der Waals surface area (Å²) in [6.07, 6.45) is 0. The average Bonchev–Trinajstić information content (AvgIpc) is 2.76. The first-order valence-corrected chi connectivity index (χ1v) is 10.3. The number of carbonyl (C=O) groups excluding carboxylic acids is 1. The van der Waals surface area contributed by atoms with Gasteiger partial charge in [0.2, 0.25) is 0 Å². The lowest BCUT2D eigenvalue weighted by molar-refractivity contribution is 0.0944. The number of carbonyl (C=O) groups is 1. The highest BCUT2D eigenvalue weighted by Gasteiger charge is 2.13. The Morgan fingerprint density at radius 1 is 0.933 bits per heavy atom. The van der Waals surface area contributed by atoms with Crippen LogP contribution in [-0.4, -0.2) is 19.1 Å². The molecule has 0 aliphatic rings. The van der Waals surface area contributed by atoms with Crippen molar-refractivity contribution in [2.45, 2.75) is 33.3 Å². The Morgan fingerprint density at radius 3 is 2.43 bits per heavy atom. The van der Waals surface area contributed by atoms with E-state index < -0.39 is 0 Å². The summed E-state index contributed by atoms with van der Waals surface area (Å²) < 4.78 is 11.8. The molecule has 0 fully saturated rings. The van der Waals surface area contributed by atoms with Crippen molar-refractivity contribution >= 4 is 5.91 Å². The van der Waals surface area contributed by atoms with Gasteiger partial charge in [-0.3, -0.25) is 4.79 Å². The van der Waals surface area contributed by atoms with Crippen molar-refractivity contribution in [2.75, 3.05) is 13.2 Å². The van der Waals surface area contributed by atoms with Gasteiger partial charge in [-0.15, -0.1) is 0 Å². The topological polar surface area (TPSA) is 47.6 Å². The maximum absolute atomic E-state index is 12.7. The van der Waals surface area contributed by atoms with E-state index in [0.717, 1.165) is 22.6 Å². The zero-order valence-corrected chi connectivity index (χ0v) is 17.9. The number of nitrogens with one attached hydrogen (secondary N) is 1. The summed E-state index contributed by atoms with van der Waals surface area (Å²) >= 11 is 0. The summed E-state index contributed by atoms with van der Waals surface area (Å²) in [6, 6.07) is 23.4. The van der Waals surface area contributed by atoms with Crippen LogP contribution in [0.1, 0.15) is 46.8 Å². The molecule has 4 nitrogen and oxygen atoms in total. The second kappa shape index (κ2) is 10.5. The first-order chi connectivity index (χ1) is 14.5. The van der Waals surface area contributed by atoms with Gasteiger partial charge in [-0.1, -0.05) is 62.4 Å². The third-order valence-corrected chi connectivity index (χ3v) is 4.84. The van der Waals surface area contributed by atoms with Crippen LogP contribution in [0.15, 0.2) is 72.8 Å². The van der Waals surface area contributed by atoms with Gasteiger partial charge in [-0.05, 0) is 48.2 Å². The molecule has 0 bridgehead atoms. The Kier molecular flexibility index (Phi) is 7.50. The van der Waals surface area contributed by atoms with E-state index in [1.165, 1.54) is 5.56 Å². The number of amides is 1. The molecule has 0 unspecified atom stereocenters. The van der Waals surface area contributed by atoms with Gasteiger partial charge in [-0.25, -0.2) is 0 Å². The highest BCUT2D eigenvalue weighted by molar-refractivity contribution is 5.95. The van der Waals surface area contributed by atoms with E-state index in [-0.39, 0.29) is 5.91 Å². The van der Waals surface area contributed by atoms with E-state index in [2.05, 4.69) is 44.3 Å². The maximum Gasteiger partial charge on any atom is 0.251 e. The van der Waals surface area contributed by atoms with E-state index >= 15 is 0 Å². The number of para-hydroxylation sites is 1. The normalized spacial score (nSPS) is 10.7. The Balaban J connectivity index is 1.60. The summed E-state index contributed by atoms with van der Waals surface area (Å²) in [6.45, 7) is 7.53. The highest BCUT2D eigenvalue weighted by atomic mass is 16.5. The Labute approximate surface area is 178 Å². The number of rotatable bonds is 9. The Hall–Kier alpha value is -3.27. The summed E-state index contributed by atoms with van der Waals surface area (Å²) in [5.41, 5.74) is 3.80. The number of hydrogen-bond donors (Lipinski definition) is 1. The molecular formula is C26H29NO3. The van der Waals surface area contributed by atoms with Gasteiger partial charge in [0.25, 0.3) is 5.91 Å². The molecule has 3 aromatic carbocycles. The highest BCUT2D eigenvalue weighted by Crippen LogP contribution is 2.28. The fourth-order valence-corrected chi connectivity index (χ4v) is 3.21. The lowest BCUT2D eigenvalue weighted by Crippen LogP contribution is -2.29. The molecule has 0 aliphatic heterocycles. The molecule has 0 heterocycles. The smallest absolute Gasteiger partial charge is 0.251 e. The minimum atomic E-state index is -0.126. The molecule has 3 rings (SSSR count). The molecule has 4 heteroatoms. The molecular weight excluding hydrogens is 374 g/mol. The quantitative estimate of drug-likeness (QED) is 0.480. The van der Waals surface area contributed by atoms with Crippen LogP contribution in [0.5, 0.6) is 11.5 Å². The van der Waals surface area contributed by atoms with Crippen LogP contribution in [0.25, 0.3) is 0 Å². The third-order valence-electron chi connectivity index (χ3n) is 4.84. The summed E-state index contributed by atoms with van der Waals surface area (Å²) in [7, 11) is 0. The monoisotopic (exact) mass is 403 g/mol. The molecule has 30 heavy (non-hydrogen) atoms. The van der Waals surface area contributed by atoms with E-state index in [4.69, 9.17) is 9.47 Å². The van der Waals surface area contributed by atoms with E-state index in [1.807, 2.05) is 54.6 Å². The molecule has 0 aliphatic carbocycles. The number of benzene rings is 3. The first-order valence-electron chi connectivity index (χ1n) is 10.3. The van der Waals surface area contributed by atoms with Gasteiger partial charge in [0.15, 0.2) is 0 Å². The zero-order valence-electron chi connectivity index (χ0n) is 17.9. The van der Waals surface area contributed by atoms with Crippen LogP contribution in [0.3, 0.4) is 0 Å². The van der Waals surface area contributed by atoms with Crippen LogP contribution in [-0.2, 0) is 6.61 Å². The van der Waals surface area contributed by atoms with Crippen molar-refractivity contribution in [3.05, 3.63) is 95.1 Å². The maximum atomic E-state index is 12.7. The number of hydrogen-bond acceptors (Lipinski definition) is 3. The van der Waals surface area contributed by atoms with Crippen LogP contribution in [0, 0.1) is 6.92 Å². The fraction of sp³-hybridized carbons (Fsp3) is 0.269. The summed E-state index contributed by atoms with van der Waals surface area (Å²) in [5.74, 6) is 1.90.